The molecule has 3 nitrogen and oxygen atoms in total. The number of carbonyl (C=O) groups is 1. The normalized spacial score (nSPS) is 57.9. The largest absolute Gasteiger partial charge is 0.393 e. The lowest BCUT2D eigenvalue weighted by atomic mass is 9.44. The van der Waals surface area contributed by atoms with Crippen molar-refractivity contribution in [3.63, 3.8) is 0 Å². The number of hydrogen-bond donors (Lipinski definition) is 2. The van der Waals surface area contributed by atoms with Crippen LogP contribution in [0.1, 0.15) is 65.2 Å². The van der Waals surface area contributed by atoms with Crippen molar-refractivity contribution in [3.05, 3.63) is 0 Å². The molecule has 4 aliphatic rings. The molecule has 0 aromatic rings. The van der Waals surface area contributed by atoms with Gasteiger partial charge in [-0.15, -0.1) is 0 Å². The highest BCUT2D eigenvalue weighted by molar-refractivity contribution is 5.83. The van der Waals surface area contributed by atoms with Crippen molar-refractivity contribution in [2.45, 2.75) is 77.4 Å². The molecule has 0 aromatic carbocycles. The first-order valence-electron chi connectivity index (χ1n) is 9.27. The van der Waals surface area contributed by atoms with E-state index in [1.165, 1.54) is 0 Å². The highest BCUT2D eigenvalue weighted by Gasteiger charge is 2.63. The van der Waals surface area contributed by atoms with Crippen LogP contribution in [0.25, 0.3) is 0 Å². The second kappa shape index (κ2) is 4.80. The summed E-state index contributed by atoms with van der Waals surface area (Å²) in [4.78, 5) is 13.0. The fourth-order valence-corrected chi connectivity index (χ4v) is 7.00. The van der Waals surface area contributed by atoms with Gasteiger partial charge < -0.3 is 10.2 Å². The average Bonchev–Trinajstić information content (AvgIpc) is 2.77. The van der Waals surface area contributed by atoms with Crippen LogP contribution in [0.5, 0.6) is 0 Å². The summed E-state index contributed by atoms with van der Waals surface area (Å²) in [5.41, 5.74) is 0.0818. The first-order valence-corrected chi connectivity index (χ1v) is 9.27. The van der Waals surface area contributed by atoms with Crippen LogP contribution < -0.4 is 0 Å². The third-order valence-electron chi connectivity index (χ3n) is 8.39. The van der Waals surface area contributed by atoms with Crippen LogP contribution in [0, 0.1) is 34.5 Å². The van der Waals surface area contributed by atoms with Crippen LogP contribution >= 0.6 is 0 Å². The Kier molecular flexibility index (Phi) is 3.30. The second-order valence-electron chi connectivity index (χ2n) is 9.12. The monoisotopic (exact) mass is 306 g/mol. The molecule has 0 spiro atoms. The highest BCUT2D eigenvalue weighted by atomic mass is 16.3. The number of Topliss-reactive ketones (excluding diaryl/α,β-unsaturated/α-hetero) is 1. The lowest BCUT2D eigenvalue weighted by Gasteiger charge is -2.60. The van der Waals surface area contributed by atoms with E-state index in [2.05, 4.69) is 13.8 Å². The summed E-state index contributed by atoms with van der Waals surface area (Å²) in [7, 11) is 0. The molecule has 0 amide bonds. The van der Waals surface area contributed by atoms with Crippen molar-refractivity contribution in [1.82, 2.24) is 0 Å². The van der Waals surface area contributed by atoms with Gasteiger partial charge >= 0.3 is 0 Å². The van der Waals surface area contributed by atoms with Gasteiger partial charge in [0.2, 0.25) is 0 Å². The minimum absolute atomic E-state index is 0.0483. The van der Waals surface area contributed by atoms with Gasteiger partial charge in [0.1, 0.15) is 5.78 Å². The molecule has 2 N–H and O–H groups in total. The zero-order chi connectivity index (χ0) is 15.7. The molecule has 4 rings (SSSR count). The highest BCUT2D eigenvalue weighted by Crippen LogP contribution is 2.65. The van der Waals surface area contributed by atoms with E-state index >= 15 is 0 Å². The predicted molar refractivity (Wildman–Crippen MR) is 84.1 cm³/mol. The fraction of sp³-hybridized carbons (Fsp3) is 0.947. The van der Waals surface area contributed by atoms with E-state index in [-0.39, 0.29) is 34.9 Å². The van der Waals surface area contributed by atoms with Gasteiger partial charge in [0, 0.05) is 12.3 Å². The van der Waals surface area contributed by atoms with Crippen LogP contribution in [0.15, 0.2) is 0 Å². The van der Waals surface area contributed by atoms with Crippen LogP contribution in [0.3, 0.4) is 0 Å². The van der Waals surface area contributed by atoms with Crippen LogP contribution in [-0.4, -0.2) is 28.2 Å². The molecular weight excluding hydrogens is 276 g/mol. The van der Waals surface area contributed by atoms with Crippen molar-refractivity contribution in [3.8, 4) is 0 Å². The van der Waals surface area contributed by atoms with Crippen molar-refractivity contribution >= 4 is 5.78 Å². The van der Waals surface area contributed by atoms with Gasteiger partial charge in [-0.05, 0) is 67.1 Å². The molecule has 8 unspecified atom stereocenters. The van der Waals surface area contributed by atoms with Gasteiger partial charge in [-0.3, -0.25) is 4.79 Å². The number of carbonyl (C=O) groups excluding carboxylic acids is 1. The lowest BCUT2D eigenvalue weighted by molar-refractivity contribution is -0.169. The van der Waals surface area contributed by atoms with Gasteiger partial charge in [-0.25, -0.2) is 0 Å². The zero-order valence-corrected chi connectivity index (χ0v) is 13.9. The molecule has 0 bridgehead atoms. The summed E-state index contributed by atoms with van der Waals surface area (Å²) in [6.07, 6.45) is 7.15. The summed E-state index contributed by atoms with van der Waals surface area (Å²) in [6, 6.07) is 0. The Bertz CT molecular complexity index is 489. The van der Waals surface area contributed by atoms with Gasteiger partial charge in [-0.2, -0.15) is 0 Å². The first-order chi connectivity index (χ1) is 10.4. The first kappa shape index (κ1) is 15.1. The van der Waals surface area contributed by atoms with Gasteiger partial charge in [0.15, 0.2) is 0 Å². The number of rotatable bonds is 0. The van der Waals surface area contributed by atoms with E-state index in [4.69, 9.17) is 0 Å². The average molecular weight is 306 g/mol. The summed E-state index contributed by atoms with van der Waals surface area (Å²) in [6.45, 7) is 4.56. The third-order valence-corrected chi connectivity index (χ3v) is 8.39. The molecule has 124 valence electrons. The molecule has 4 aliphatic carbocycles. The molecule has 0 aromatic heterocycles. The Morgan fingerprint density at radius 2 is 1.64 bits per heavy atom. The molecule has 4 saturated carbocycles. The molecule has 0 heterocycles. The van der Waals surface area contributed by atoms with E-state index in [0.29, 0.717) is 24.0 Å². The summed E-state index contributed by atoms with van der Waals surface area (Å²) < 4.78 is 0. The topological polar surface area (TPSA) is 57.5 Å². The Morgan fingerprint density at radius 1 is 0.909 bits per heavy atom. The molecular formula is C19H30O3. The maximum Gasteiger partial charge on any atom is 0.136 e. The van der Waals surface area contributed by atoms with E-state index < -0.39 is 0 Å². The van der Waals surface area contributed by atoms with Crippen LogP contribution in [0.2, 0.25) is 0 Å². The second-order valence-corrected chi connectivity index (χ2v) is 9.12. The smallest absolute Gasteiger partial charge is 0.136 e. The quantitative estimate of drug-likeness (QED) is 0.723. The van der Waals surface area contributed by atoms with E-state index in [1.807, 2.05) is 0 Å². The van der Waals surface area contributed by atoms with Crippen LogP contribution in [-0.2, 0) is 4.79 Å². The number of fused-ring (bicyclic) bond motifs is 5. The van der Waals surface area contributed by atoms with Crippen molar-refractivity contribution in [1.29, 1.82) is 0 Å². The third kappa shape index (κ3) is 1.78. The Balaban J connectivity index is 1.71. The molecule has 22 heavy (non-hydrogen) atoms. The van der Waals surface area contributed by atoms with E-state index in [0.717, 1.165) is 44.9 Å². The molecule has 8 atom stereocenters. The Morgan fingerprint density at radius 3 is 2.41 bits per heavy atom. The fourth-order valence-electron chi connectivity index (χ4n) is 7.00. The van der Waals surface area contributed by atoms with Gasteiger partial charge in [0.25, 0.3) is 0 Å². The summed E-state index contributed by atoms with van der Waals surface area (Å²) in [5.74, 6) is 1.49. The number of ketones is 1. The molecule has 0 aliphatic heterocycles. The number of aliphatic hydroxyl groups is 2. The van der Waals surface area contributed by atoms with Crippen molar-refractivity contribution in [2.75, 3.05) is 0 Å². The molecule has 4 fully saturated rings. The lowest BCUT2D eigenvalue weighted by Crippen LogP contribution is -2.59. The molecule has 3 heteroatoms. The molecule has 0 saturated heterocycles. The van der Waals surface area contributed by atoms with Crippen molar-refractivity contribution < 1.29 is 15.0 Å². The summed E-state index contributed by atoms with van der Waals surface area (Å²) in [5, 5.41) is 20.9. The SMILES string of the molecule is CC12CCC3C(C(=O)CC4C(O)CCCC43C)C1CCC2O. The Labute approximate surface area is 133 Å². The number of hydrogen-bond acceptors (Lipinski definition) is 3. The maximum absolute atomic E-state index is 13.0. The standard InChI is InChI=1S/C19H30O3/c1-18-8-3-4-14(20)13(18)10-15(21)17-11-5-6-16(22)19(11,2)9-7-12(17)18/h11-14,16-17,20,22H,3-10H2,1-2H3. The molecule has 0 radical (unpaired) electrons. The van der Waals surface area contributed by atoms with Gasteiger partial charge in [-0.1, -0.05) is 20.3 Å². The minimum Gasteiger partial charge on any atom is -0.393 e. The number of aliphatic hydroxyl groups excluding tert-OH is 2. The summed E-state index contributed by atoms with van der Waals surface area (Å²) >= 11 is 0. The Hall–Kier alpha value is -0.410. The van der Waals surface area contributed by atoms with Gasteiger partial charge in [0.05, 0.1) is 12.2 Å². The minimum atomic E-state index is -0.286. The van der Waals surface area contributed by atoms with E-state index in [1.54, 1.807) is 0 Å². The van der Waals surface area contributed by atoms with E-state index in [9.17, 15) is 15.0 Å². The van der Waals surface area contributed by atoms with Crippen LogP contribution in [0.4, 0.5) is 0 Å². The van der Waals surface area contributed by atoms with Crippen molar-refractivity contribution in [2.24, 2.45) is 34.5 Å². The zero-order valence-electron chi connectivity index (χ0n) is 13.9. The predicted octanol–water partition coefficient (Wildman–Crippen LogP) is 2.93. The maximum atomic E-state index is 13.0.